The van der Waals surface area contributed by atoms with Gasteiger partial charge in [-0.05, 0) is 60.5 Å². The van der Waals surface area contributed by atoms with Crippen LogP contribution < -0.4 is 20.1 Å². The average molecular weight is 641 g/mol. The number of carbonyl (C=O) groups is 2. The predicted molar refractivity (Wildman–Crippen MR) is 168 cm³/mol. The van der Waals surface area contributed by atoms with Gasteiger partial charge in [0.05, 0.1) is 38.1 Å². The van der Waals surface area contributed by atoms with E-state index >= 15 is 0 Å². The SMILES string of the molecule is COc1ccc(NC(=O)C2(N(Cc3ccc(C(F)(F)F)cc3)C(=O)CN3C[C@@H](c4ccccc4)NC3=S)CCCC2)c(OC)c1. The number of amides is 2. The summed E-state index contributed by atoms with van der Waals surface area (Å²) in [6, 6.07) is 19.3. The molecule has 2 fully saturated rings. The first-order valence-electron chi connectivity index (χ1n) is 14.6. The predicted octanol–water partition coefficient (Wildman–Crippen LogP) is 5.93. The van der Waals surface area contributed by atoms with E-state index in [2.05, 4.69) is 10.6 Å². The molecule has 2 aliphatic rings. The lowest BCUT2D eigenvalue weighted by atomic mass is 9.92. The van der Waals surface area contributed by atoms with Gasteiger partial charge in [-0.15, -0.1) is 0 Å². The van der Waals surface area contributed by atoms with Gasteiger partial charge in [-0.1, -0.05) is 55.3 Å². The number of carbonyl (C=O) groups excluding carboxylic acids is 2. The van der Waals surface area contributed by atoms with Crippen molar-refractivity contribution in [2.75, 3.05) is 32.6 Å². The Morgan fingerprint density at radius 1 is 1.02 bits per heavy atom. The van der Waals surface area contributed by atoms with Crippen LogP contribution in [0.1, 0.15) is 48.4 Å². The molecule has 0 radical (unpaired) electrons. The number of alkyl halides is 3. The summed E-state index contributed by atoms with van der Waals surface area (Å²) in [5.74, 6) is 0.181. The van der Waals surface area contributed by atoms with E-state index in [0.29, 0.717) is 60.1 Å². The molecule has 3 aromatic rings. The zero-order valence-corrected chi connectivity index (χ0v) is 25.8. The lowest BCUT2D eigenvalue weighted by Gasteiger charge is -2.41. The maximum atomic E-state index is 14.3. The van der Waals surface area contributed by atoms with Crippen LogP contribution in [0.25, 0.3) is 0 Å². The van der Waals surface area contributed by atoms with Crippen molar-refractivity contribution in [1.82, 2.24) is 15.1 Å². The summed E-state index contributed by atoms with van der Waals surface area (Å²) in [5.41, 5.74) is -0.131. The molecule has 238 valence electrons. The molecule has 1 saturated carbocycles. The lowest BCUT2D eigenvalue weighted by Crippen LogP contribution is -2.59. The second-order valence-electron chi connectivity index (χ2n) is 11.2. The van der Waals surface area contributed by atoms with Gasteiger partial charge in [-0.2, -0.15) is 13.2 Å². The van der Waals surface area contributed by atoms with Crippen LogP contribution in [-0.2, 0) is 22.3 Å². The number of methoxy groups -OCH3 is 2. The third-order valence-electron chi connectivity index (χ3n) is 8.47. The fourth-order valence-corrected chi connectivity index (χ4v) is 6.31. The summed E-state index contributed by atoms with van der Waals surface area (Å²) < 4.78 is 50.6. The van der Waals surface area contributed by atoms with Crippen molar-refractivity contribution < 1.29 is 32.2 Å². The van der Waals surface area contributed by atoms with E-state index in [-0.39, 0.29) is 25.0 Å². The highest BCUT2D eigenvalue weighted by molar-refractivity contribution is 7.80. The molecule has 1 aliphatic heterocycles. The minimum Gasteiger partial charge on any atom is -0.497 e. The second-order valence-corrected chi connectivity index (χ2v) is 11.6. The Balaban J connectivity index is 1.45. The molecule has 3 aromatic carbocycles. The number of thiocarbonyl (C=S) groups is 1. The Bertz CT molecular complexity index is 1530. The number of anilines is 1. The Labute approximate surface area is 265 Å². The molecular weight excluding hydrogens is 605 g/mol. The zero-order valence-electron chi connectivity index (χ0n) is 25.0. The number of nitrogens with zero attached hydrogens (tertiary/aromatic N) is 2. The van der Waals surface area contributed by atoms with Gasteiger partial charge in [-0.3, -0.25) is 9.59 Å². The van der Waals surface area contributed by atoms with Crippen molar-refractivity contribution in [3.8, 4) is 11.5 Å². The normalized spacial score (nSPS) is 17.5. The molecule has 2 N–H and O–H groups in total. The van der Waals surface area contributed by atoms with Gasteiger partial charge in [0, 0.05) is 19.2 Å². The first-order valence-corrected chi connectivity index (χ1v) is 15.1. The van der Waals surface area contributed by atoms with Gasteiger partial charge < -0.3 is 29.9 Å². The topological polar surface area (TPSA) is 83.1 Å². The Morgan fingerprint density at radius 3 is 2.33 bits per heavy atom. The first-order chi connectivity index (χ1) is 21.5. The van der Waals surface area contributed by atoms with Crippen molar-refractivity contribution >= 4 is 34.8 Å². The van der Waals surface area contributed by atoms with Crippen LogP contribution in [0.3, 0.4) is 0 Å². The molecule has 1 saturated heterocycles. The third kappa shape index (κ3) is 7.00. The van der Waals surface area contributed by atoms with Crippen molar-refractivity contribution in [3.63, 3.8) is 0 Å². The number of ether oxygens (including phenoxy) is 2. The smallest absolute Gasteiger partial charge is 0.416 e. The molecule has 8 nitrogen and oxygen atoms in total. The maximum Gasteiger partial charge on any atom is 0.416 e. The summed E-state index contributed by atoms with van der Waals surface area (Å²) in [5, 5.41) is 6.65. The van der Waals surface area contributed by atoms with E-state index in [1.807, 2.05) is 30.3 Å². The number of nitrogens with one attached hydrogen (secondary N) is 2. The molecule has 45 heavy (non-hydrogen) atoms. The van der Waals surface area contributed by atoms with E-state index in [4.69, 9.17) is 21.7 Å². The van der Waals surface area contributed by atoms with Gasteiger partial charge in [0.2, 0.25) is 11.8 Å². The molecule has 0 aromatic heterocycles. The van der Waals surface area contributed by atoms with Crippen molar-refractivity contribution in [2.24, 2.45) is 0 Å². The van der Waals surface area contributed by atoms with Crippen molar-refractivity contribution in [1.29, 1.82) is 0 Å². The molecule has 2 amide bonds. The highest BCUT2D eigenvalue weighted by atomic mass is 32.1. The largest absolute Gasteiger partial charge is 0.497 e. The van der Waals surface area contributed by atoms with Crippen molar-refractivity contribution in [3.05, 3.63) is 89.5 Å². The highest BCUT2D eigenvalue weighted by Gasteiger charge is 2.49. The van der Waals surface area contributed by atoms with E-state index in [1.54, 1.807) is 23.1 Å². The van der Waals surface area contributed by atoms with E-state index < -0.39 is 23.2 Å². The van der Waals surface area contributed by atoms with Gasteiger partial charge in [-0.25, -0.2) is 0 Å². The fourth-order valence-electron chi connectivity index (χ4n) is 6.03. The van der Waals surface area contributed by atoms with E-state index in [1.165, 1.54) is 31.3 Å². The van der Waals surface area contributed by atoms with Gasteiger partial charge in [0.1, 0.15) is 17.0 Å². The summed E-state index contributed by atoms with van der Waals surface area (Å²) in [7, 11) is 3.00. The molecule has 1 heterocycles. The fraction of sp³-hybridized carbons (Fsp3) is 0.364. The minimum absolute atomic E-state index is 0.0553. The summed E-state index contributed by atoms with van der Waals surface area (Å²) in [6.45, 7) is 0.294. The quantitative estimate of drug-likeness (QED) is 0.266. The van der Waals surface area contributed by atoms with Crippen molar-refractivity contribution in [2.45, 2.75) is 50.0 Å². The molecule has 1 atom stereocenters. The van der Waals surface area contributed by atoms with E-state index in [9.17, 15) is 22.8 Å². The van der Waals surface area contributed by atoms with Crippen LogP contribution in [0.5, 0.6) is 11.5 Å². The summed E-state index contributed by atoms with van der Waals surface area (Å²) >= 11 is 5.58. The Hall–Kier alpha value is -4.32. The monoisotopic (exact) mass is 640 g/mol. The summed E-state index contributed by atoms with van der Waals surface area (Å²) in [4.78, 5) is 31.8. The number of rotatable bonds is 10. The summed E-state index contributed by atoms with van der Waals surface area (Å²) in [6.07, 6.45) is -2.32. The van der Waals surface area contributed by atoms with Gasteiger partial charge >= 0.3 is 6.18 Å². The Morgan fingerprint density at radius 2 is 1.71 bits per heavy atom. The second kappa shape index (κ2) is 13.4. The number of halogens is 3. The third-order valence-corrected chi connectivity index (χ3v) is 8.84. The van der Waals surface area contributed by atoms with Crippen LogP contribution in [-0.4, -0.2) is 59.6 Å². The minimum atomic E-state index is -4.49. The Kier molecular flexibility index (Phi) is 9.52. The molecule has 1 aliphatic carbocycles. The molecule has 0 unspecified atom stereocenters. The zero-order chi connectivity index (χ0) is 32.2. The molecular formula is C33H35F3N4O4S. The van der Waals surface area contributed by atoms with Crippen LogP contribution in [0.2, 0.25) is 0 Å². The van der Waals surface area contributed by atoms with Crippen LogP contribution in [0.15, 0.2) is 72.8 Å². The van der Waals surface area contributed by atoms with Gasteiger partial charge in [0.15, 0.2) is 5.11 Å². The van der Waals surface area contributed by atoms with Crippen LogP contribution in [0, 0.1) is 0 Å². The van der Waals surface area contributed by atoms with Gasteiger partial charge in [0.25, 0.3) is 0 Å². The van der Waals surface area contributed by atoms with Crippen LogP contribution in [0.4, 0.5) is 18.9 Å². The lowest BCUT2D eigenvalue weighted by molar-refractivity contribution is -0.146. The highest BCUT2D eigenvalue weighted by Crippen LogP contribution is 2.40. The number of hydrogen-bond donors (Lipinski definition) is 2. The standard InChI is InChI=1S/C33H35F3N4O4S/c1-43-25-14-15-26(28(18-25)44-2)37-30(42)32(16-6-7-17-32)40(19-22-10-12-24(13-11-22)33(34,35)36)29(41)21-39-20-27(38-31(39)45)23-8-4-3-5-9-23/h3-5,8-15,18,27H,6-7,16-17,19-21H2,1-2H3,(H,37,42)(H,38,45)/t27-/m0/s1. The average Bonchev–Trinajstić information content (AvgIpc) is 3.68. The maximum absolute atomic E-state index is 14.3. The van der Waals surface area contributed by atoms with E-state index in [0.717, 1.165) is 17.7 Å². The molecule has 12 heteroatoms. The first kappa shape index (κ1) is 32.1. The number of hydrogen-bond acceptors (Lipinski definition) is 5. The number of benzene rings is 3. The molecule has 0 bridgehead atoms. The van der Waals surface area contributed by atoms with Crippen LogP contribution >= 0.6 is 12.2 Å². The molecule has 5 rings (SSSR count). The molecule has 0 spiro atoms.